The van der Waals surface area contributed by atoms with Crippen molar-refractivity contribution in [2.45, 2.75) is 45.1 Å². The van der Waals surface area contributed by atoms with Crippen molar-refractivity contribution in [1.82, 2.24) is 10.2 Å². The number of hydrogen-bond donors (Lipinski definition) is 1. The molecule has 0 unspecified atom stereocenters. The number of carbonyl (C=O) groups is 2. The standard InChI is InChI=1S/C25H27FN2O2S/c1-16(2)27-25(30)24-23(19-8-4-6-10-21(19)31-24)18-13-14-28(15-18)22(29)12-11-17-7-3-5-9-20(17)26/h3-10,16,18H,11-15H2,1-2H3,(H,27,30)/t18-/m0/s1. The van der Waals surface area contributed by atoms with Crippen molar-refractivity contribution in [3.8, 4) is 0 Å². The van der Waals surface area contributed by atoms with Gasteiger partial charge in [0.15, 0.2) is 0 Å². The molecule has 0 bridgehead atoms. The number of nitrogens with one attached hydrogen (secondary N) is 1. The summed E-state index contributed by atoms with van der Waals surface area (Å²) in [6.45, 7) is 5.17. The van der Waals surface area contributed by atoms with Crippen LogP contribution in [0, 0.1) is 5.82 Å². The Kier molecular flexibility index (Phi) is 6.37. The topological polar surface area (TPSA) is 49.4 Å². The number of thiophene rings is 1. The van der Waals surface area contributed by atoms with Gasteiger partial charge >= 0.3 is 0 Å². The minimum absolute atomic E-state index is 0.0403. The maximum absolute atomic E-state index is 13.9. The largest absolute Gasteiger partial charge is 0.349 e. The minimum Gasteiger partial charge on any atom is -0.349 e. The molecule has 1 aliphatic rings. The number of aryl methyl sites for hydroxylation is 1. The molecule has 2 heterocycles. The Bertz CT molecular complexity index is 1110. The van der Waals surface area contributed by atoms with Crippen molar-refractivity contribution in [2.24, 2.45) is 0 Å². The first-order valence-corrected chi connectivity index (χ1v) is 11.6. The molecule has 1 aliphatic heterocycles. The third kappa shape index (κ3) is 4.64. The third-order valence-electron chi connectivity index (χ3n) is 5.78. The predicted molar refractivity (Wildman–Crippen MR) is 123 cm³/mol. The number of rotatable bonds is 6. The Morgan fingerprint density at radius 1 is 1.16 bits per heavy atom. The van der Waals surface area contributed by atoms with Crippen LogP contribution in [0.5, 0.6) is 0 Å². The SMILES string of the molecule is CC(C)NC(=O)c1sc2ccccc2c1[C@H]1CCN(C(=O)CCc2ccccc2F)C1. The summed E-state index contributed by atoms with van der Waals surface area (Å²) in [6.07, 6.45) is 1.52. The summed E-state index contributed by atoms with van der Waals surface area (Å²) in [5.74, 6) is -0.143. The smallest absolute Gasteiger partial charge is 0.261 e. The predicted octanol–water partition coefficient (Wildman–Crippen LogP) is 5.13. The highest BCUT2D eigenvalue weighted by molar-refractivity contribution is 7.21. The van der Waals surface area contributed by atoms with Crippen molar-refractivity contribution in [3.05, 3.63) is 70.4 Å². The second kappa shape index (κ2) is 9.18. The van der Waals surface area contributed by atoms with Gasteiger partial charge in [-0.2, -0.15) is 0 Å². The monoisotopic (exact) mass is 438 g/mol. The molecule has 1 fully saturated rings. The molecule has 4 nitrogen and oxygen atoms in total. The van der Waals surface area contributed by atoms with Crippen LogP contribution in [-0.4, -0.2) is 35.8 Å². The van der Waals surface area contributed by atoms with E-state index in [9.17, 15) is 14.0 Å². The maximum Gasteiger partial charge on any atom is 0.261 e. The number of halogens is 1. The van der Waals surface area contributed by atoms with Gasteiger partial charge in [-0.05, 0) is 55.3 Å². The number of hydrogen-bond acceptors (Lipinski definition) is 3. The first-order chi connectivity index (χ1) is 14.9. The van der Waals surface area contributed by atoms with Gasteiger partial charge in [0, 0.05) is 36.2 Å². The van der Waals surface area contributed by atoms with Crippen molar-refractivity contribution in [2.75, 3.05) is 13.1 Å². The molecule has 2 aromatic carbocycles. The highest BCUT2D eigenvalue weighted by atomic mass is 32.1. The van der Waals surface area contributed by atoms with Gasteiger partial charge in [0.2, 0.25) is 5.91 Å². The number of carbonyl (C=O) groups excluding carboxylic acids is 2. The normalized spacial score (nSPS) is 16.3. The molecule has 1 aromatic heterocycles. The molecule has 1 atom stereocenters. The lowest BCUT2D eigenvalue weighted by Gasteiger charge is -2.18. The molecule has 162 valence electrons. The van der Waals surface area contributed by atoms with Crippen LogP contribution in [0.3, 0.4) is 0 Å². The van der Waals surface area contributed by atoms with Crippen LogP contribution in [-0.2, 0) is 11.2 Å². The van der Waals surface area contributed by atoms with Gasteiger partial charge in [-0.25, -0.2) is 4.39 Å². The molecule has 2 amide bonds. The van der Waals surface area contributed by atoms with Crippen molar-refractivity contribution in [3.63, 3.8) is 0 Å². The van der Waals surface area contributed by atoms with Crippen LogP contribution in [0.25, 0.3) is 10.1 Å². The zero-order chi connectivity index (χ0) is 22.0. The third-order valence-corrected chi connectivity index (χ3v) is 6.96. The van der Waals surface area contributed by atoms with Crippen LogP contribution >= 0.6 is 11.3 Å². The van der Waals surface area contributed by atoms with Crippen LogP contribution in [0.2, 0.25) is 0 Å². The Morgan fingerprint density at radius 3 is 2.68 bits per heavy atom. The molecule has 6 heteroatoms. The van der Waals surface area contributed by atoms with Crippen molar-refractivity contribution in [1.29, 1.82) is 0 Å². The summed E-state index contributed by atoms with van der Waals surface area (Å²) in [4.78, 5) is 28.3. The van der Waals surface area contributed by atoms with E-state index in [1.54, 1.807) is 18.2 Å². The zero-order valence-electron chi connectivity index (χ0n) is 17.9. The van der Waals surface area contributed by atoms with Gasteiger partial charge in [-0.1, -0.05) is 36.4 Å². The summed E-state index contributed by atoms with van der Waals surface area (Å²) >= 11 is 1.52. The molecule has 1 N–H and O–H groups in total. The number of fused-ring (bicyclic) bond motifs is 1. The molecule has 3 aromatic rings. The van der Waals surface area contributed by atoms with Gasteiger partial charge in [0.05, 0.1) is 4.88 Å². The van der Waals surface area contributed by atoms with Crippen LogP contribution in [0.4, 0.5) is 4.39 Å². The zero-order valence-corrected chi connectivity index (χ0v) is 18.7. The van der Waals surface area contributed by atoms with E-state index in [1.807, 2.05) is 36.9 Å². The van der Waals surface area contributed by atoms with E-state index in [4.69, 9.17) is 0 Å². The molecule has 4 rings (SSSR count). The van der Waals surface area contributed by atoms with Crippen LogP contribution in [0.1, 0.15) is 53.4 Å². The average molecular weight is 439 g/mol. The number of amides is 2. The fraction of sp³-hybridized carbons (Fsp3) is 0.360. The van der Waals surface area contributed by atoms with E-state index in [-0.39, 0.29) is 29.6 Å². The lowest BCUT2D eigenvalue weighted by atomic mass is 9.95. The maximum atomic E-state index is 13.9. The van der Waals surface area contributed by atoms with Gasteiger partial charge in [0.25, 0.3) is 5.91 Å². The first-order valence-electron chi connectivity index (χ1n) is 10.8. The van der Waals surface area contributed by atoms with Crippen molar-refractivity contribution >= 4 is 33.2 Å². The van der Waals surface area contributed by atoms with E-state index < -0.39 is 0 Å². The van der Waals surface area contributed by atoms with Gasteiger partial charge in [-0.15, -0.1) is 11.3 Å². The van der Waals surface area contributed by atoms with Gasteiger partial charge in [0.1, 0.15) is 5.82 Å². The van der Waals surface area contributed by atoms with E-state index in [2.05, 4.69) is 11.4 Å². The molecule has 0 radical (unpaired) electrons. The van der Waals surface area contributed by atoms with Crippen molar-refractivity contribution < 1.29 is 14.0 Å². The fourth-order valence-corrected chi connectivity index (χ4v) is 5.48. The molecule has 0 aliphatic carbocycles. The van der Waals surface area contributed by atoms with Crippen LogP contribution < -0.4 is 5.32 Å². The Hall–Kier alpha value is -2.73. The van der Waals surface area contributed by atoms with Crippen LogP contribution in [0.15, 0.2) is 48.5 Å². The Morgan fingerprint density at radius 2 is 1.90 bits per heavy atom. The lowest BCUT2D eigenvalue weighted by Crippen LogP contribution is -2.31. The quantitative estimate of drug-likeness (QED) is 0.580. The summed E-state index contributed by atoms with van der Waals surface area (Å²) in [7, 11) is 0. The summed E-state index contributed by atoms with van der Waals surface area (Å²) < 4.78 is 15.0. The first kappa shape index (κ1) is 21.5. The summed E-state index contributed by atoms with van der Waals surface area (Å²) in [5.41, 5.74) is 1.63. The number of benzene rings is 2. The Labute approximate surface area is 186 Å². The molecule has 0 saturated carbocycles. The molecular weight excluding hydrogens is 411 g/mol. The van der Waals surface area contributed by atoms with E-state index in [1.165, 1.54) is 17.4 Å². The average Bonchev–Trinajstić information content (AvgIpc) is 3.37. The Balaban J connectivity index is 1.51. The molecular formula is C25H27FN2O2S. The highest BCUT2D eigenvalue weighted by Gasteiger charge is 2.32. The lowest BCUT2D eigenvalue weighted by molar-refractivity contribution is -0.130. The van der Waals surface area contributed by atoms with E-state index in [0.29, 0.717) is 31.5 Å². The highest BCUT2D eigenvalue weighted by Crippen LogP contribution is 2.40. The number of likely N-dealkylation sites (tertiary alicyclic amines) is 1. The second-order valence-corrected chi connectivity index (χ2v) is 9.44. The minimum atomic E-state index is -0.264. The van der Waals surface area contributed by atoms with E-state index >= 15 is 0 Å². The molecule has 0 spiro atoms. The number of nitrogens with zero attached hydrogens (tertiary/aromatic N) is 1. The second-order valence-electron chi connectivity index (χ2n) is 8.39. The summed E-state index contributed by atoms with van der Waals surface area (Å²) in [6, 6.07) is 14.8. The van der Waals surface area contributed by atoms with Gasteiger partial charge < -0.3 is 10.2 Å². The molecule has 1 saturated heterocycles. The summed E-state index contributed by atoms with van der Waals surface area (Å²) in [5, 5.41) is 4.12. The van der Waals surface area contributed by atoms with Gasteiger partial charge in [-0.3, -0.25) is 9.59 Å². The molecule has 31 heavy (non-hydrogen) atoms. The fourth-order valence-electron chi connectivity index (χ4n) is 4.29. The van der Waals surface area contributed by atoms with E-state index in [0.717, 1.165) is 26.9 Å².